The van der Waals surface area contributed by atoms with Crippen LogP contribution in [-0.2, 0) is 0 Å². The fourth-order valence-electron chi connectivity index (χ4n) is 2.97. The second-order valence-corrected chi connectivity index (χ2v) is 6.46. The maximum absolute atomic E-state index is 4.73. The van der Waals surface area contributed by atoms with Gasteiger partial charge in [0.15, 0.2) is 0 Å². The Bertz CT molecular complexity index is 839. The van der Waals surface area contributed by atoms with E-state index in [0.717, 1.165) is 27.3 Å². The topological polar surface area (TPSA) is 30.2 Å². The Morgan fingerprint density at radius 3 is 2.19 bits per heavy atom. The lowest BCUT2D eigenvalue weighted by molar-refractivity contribution is 0.996. The normalized spacial score (nSPS) is 11.3. The monoisotopic (exact) mass is 343 g/mol. The van der Waals surface area contributed by atoms with Crippen molar-refractivity contribution in [1.82, 2.24) is 14.4 Å². The third kappa shape index (κ3) is 2.27. The molecule has 21 heavy (non-hydrogen) atoms. The minimum atomic E-state index is 0.752. The van der Waals surface area contributed by atoms with Gasteiger partial charge in [-0.3, -0.25) is 4.40 Å². The zero-order chi connectivity index (χ0) is 15.3. The Morgan fingerprint density at radius 2 is 1.57 bits per heavy atom. The standard InChI is InChI=1S/C17H18BrN3/c1-9-6-10(2)15(11(3)7-9)14-8-21-13(5)16(18)12(4)19-17(21)20-14/h6-8H,1-5H3. The first kappa shape index (κ1) is 14.3. The number of hydrogen-bond acceptors (Lipinski definition) is 2. The van der Waals surface area contributed by atoms with Crippen molar-refractivity contribution in [2.45, 2.75) is 34.6 Å². The summed E-state index contributed by atoms with van der Waals surface area (Å²) in [5, 5.41) is 0. The van der Waals surface area contributed by atoms with E-state index in [9.17, 15) is 0 Å². The maximum Gasteiger partial charge on any atom is 0.234 e. The molecule has 0 aliphatic rings. The van der Waals surface area contributed by atoms with Gasteiger partial charge in [0, 0.05) is 17.5 Å². The van der Waals surface area contributed by atoms with Gasteiger partial charge in [-0.25, -0.2) is 9.97 Å². The molecule has 108 valence electrons. The van der Waals surface area contributed by atoms with Crippen LogP contribution >= 0.6 is 15.9 Å². The van der Waals surface area contributed by atoms with E-state index in [0.29, 0.717) is 0 Å². The van der Waals surface area contributed by atoms with Crippen LogP contribution in [0.3, 0.4) is 0 Å². The highest BCUT2D eigenvalue weighted by Gasteiger charge is 2.14. The van der Waals surface area contributed by atoms with E-state index in [4.69, 9.17) is 4.98 Å². The molecule has 0 saturated heterocycles. The molecule has 3 rings (SSSR count). The molecule has 0 spiro atoms. The molecular weight excluding hydrogens is 326 g/mol. The Hall–Kier alpha value is -1.68. The number of halogens is 1. The second kappa shape index (κ2) is 4.95. The van der Waals surface area contributed by atoms with Crippen molar-refractivity contribution in [1.29, 1.82) is 0 Å². The van der Waals surface area contributed by atoms with Crippen LogP contribution in [0.15, 0.2) is 22.8 Å². The minimum Gasteiger partial charge on any atom is -0.287 e. The molecule has 2 heterocycles. The molecule has 0 radical (unpaired) electrons. The molecule has 0 bridgehead atoms. The van der Waals surface area contributed by atoms with E-state index < -0.39 is 0 Å². The third-order valence-electron chi connectivity index (χ3n) is 3.88. The molecule has 4 heteroatoms. The molecule has 0 unspecified atom stereocenters. The first-order chi connectivity index (χ1) is 9.88. The second-order valence-electron chi connectivity index (χ2n) is 5.67. The van der Waals surface area contributed by atoms with Gasteiger partial charge in [-0.2, -0.15) is 0 Å². The summed E-state index contributed by atoms with van der Waals surface area (Å²) in [7, 11) is 0. The number of imidazole rings is 1. The third-order valence-corrected chi connectivity index (χ3v) is 5.03. The van der Waals surface area contributed by atoms with Gasteiger partial charge in [0.2, 0.25) is 5.78 Å². The van der Waals surface area contributed by atoms with Crippen LogP contribution in [0, 0.1) is 34.6 Å². The van der Waals surface area contributed by atoms with Crippen LogP contribution in [0.1, 0.15) is 28.1 Å². The van der Waals surface area contributed by atoms with Gasteiger partial charge in [-0.1, -0.05) is 17.7 Å². The SMILES string of the molecule is Cc1cc(C)c(-c2cn3c(C)c(Br)c(C)nc3n2)c(C)c1. The van der Waals surface area contributed by atoms with Crippen LogP contribution in [0.2, 0.25) is 0 Å². The average molecular weight is 344 g/mol. The fraction of sp³-hybridized carbons (Fsp3) is 0.294. The van der Waals surface area contributed by atoms with E-state index >= 15 is 0 Å². The Morgan fingerprint density at radius 1 is 0.952 bits per heavy atom. The maximum atomic E-state index is 4.73. The van der Waals surface area contributed by atoms with E-state index in [-0.39, 0.29) is 0 Å². The van der Waals surface area contributed by atoms with Crippen LogP contribution in [-0.4, -0.2) is 14.4 Å². The molecular formula is C17H18BrN3. The molecule has 0 amide bonds. The number of aromatic nitrogens is 3. The van der Waals surface area contributed by atoms with Gasteiger partial charge in [0.1, 0.15) is 0 Å². The smallest absolute Gasteiger partial charge is 0.234 e. The lowest BCUT2D eigenvalue weighted by atomic mass is 9.98. The van der Waals surface area contributed by atoms with E-state index in [2.05, 4.69) is 66.9 Å². The Labute approximate surface area is 133 Å². The number of rotatable bonds is 1. The molecule has 0 aliphatic heterocycles. The van der Waals surface area contributed by atoms with Crippen molar-refractivity contribution in [2.24, 2.45) is 0 Å². The van der Waals surface area contributed by atoms with Crippen molar-refractivity contribution in [3.8, 4) is 11.3 Å². The fourth-order valence-corrected chi connectivity index (χ4v) is 3.25. The lowest BCUT2D eigenvalue weighted by Gasteiger charge is -2.08. The highest BCUT2D eigenvalue weighted by Crippen LogP contribution is 2.29. The van der Waals surface area contributed by atoms with Crippen molar-refractivity contribution in [2.75, 3.05) is 0 Å². The number of hydrogen-bond donors (Lipinski definition) is 0. The van der Waals surface area contributed by atoms with Gasteiger partial charge in [-0.15, -0.1) is 0 Å². The average Bonchev–Trinajstić information content (AvgIpc) is 2.78. The first-order valence-electron chi connectivity index (χ1n) is 6.98. The highest BCUT2D eigenvalue weighted by atomic mass is 79.9. The molecule has 0 atom stereocenters. The van der Waals surface area contributed by atoms with Gasteiger partial charge >= 0.3 is 0 Å². The van der Waals surface area contributed by atoms with Crippen molar-refractivity contribution in [3.05, 3.63) is 50.9 Å². The zero-order valence-electron chi connectivity index (χ0n) is 13.0. The number of benzene rings is 1. The predicted molar refractivity (Wildman–Crippen MR) is 89.8 cm³/mol. The van der Waals surface area contributed by atoms with Crippen LogP contribution in [0.5, 0.6) is 0 Å². The summed E-state index contributed by atoms with van der Waals surface area (Å²) >= 11 is 3.59. The number of aryl methyl sites for hydroxylation is 5. The van der Waals surface area contributed by atoms with Gasteiger partial charge in [0.05, 0.1) is 15.9 Å². The van der Waals surface area contributed by atoms with Gasteiger partial charge in [-0.05, 0) is 61.7 Å². The Kier molecular flexibility index (Phi) is 3.36. The quantitative estimate of drug-likeness (QED) is 0.640. The molecule has 0 N–H and O–H groups in total. The summed E-state index contributed by atoms with van der Waals surface area (Å²) in [4.78, 5) is 9.29. The van der Waals surface area contributed by atoms with E-state index in [1.165, 1.54) is 22.3 Å². The predicted octanol–water partition coefficient (Wildman–Crippen LogP) is 4.70. The minimum absolute atomic E-state index is 0.752. The summed E-state index contributed by atoms with van der Waals surface area (Å²) in [5.74, 6) is 0.752. The molecule has 1 aromatic carbocycles. The Balaban J connectivity index is 2.30. The highest BCUT2D eigenvalue weighted by molar-refractivity contribution is 9.10. The van der Waals surface area contributed by atoms with Crippen molar-refractivity contribution in [3.63, 3.8) is 0 Å². The number of nitrogens with zero attached hydrogens (tertiary/aromatic N) is 3. The summed E-state index contributed by atoms with van der Waals surface area (Å²) < 4.78 is 3.09. The van der Waals surface area contributed by atoms with E-state index in [1.807, 2.05) is 11.3 Å². The largest absolute Gasteiger partial charge is 0.287 e. The molecule has 0 aliphatic carbocycles. The number of fused-ring (bicyclic) bond motifs is 1. The summed E-state index contributed by atoms with van der Waals surface area (Å²) in [6.45, 7) is 10.5. The molecule has 3 nitrogen and oxygen atoms in total. The summed E-state index contributed by atoms with van der Waals surface area (Å²) in [6.07, 6.45) is 2.08. The summed E-state index contributed by atoms with van der Waals surface area (Å²) in [5.41, 5.74) is 8.07. The van der Waals surface area contributed by atoms with Crippen molar-refractivity contribution >= 4 is 21.7 Å². The molecule has 0 fully saturated rings. The molecule has 2 aromatic heterocycles. The van der Waals surface area contributed by atoms with Crippen LogP contribution in [0.4, 0.5) is 0 Å². The summed E-state index contributed by atoms with van der Waals surface area (Å²) in [6, 6.07) is 4.40. The van der Waals surface area contributed by atoms with E-state index in [1.54, 1.807) is 0 Å². The van der Waals surface area contributed by atoms with Crippen molar-refractivity contribution < 1.29 is 0 Å². The van der Waals surface area contributed by atoms with Gasteiger partial charge in [0.25, 0.3) is 0 Å². The molecule has 0 saturated carbocycles. The van der Waals surface area contributed by atoms with Crippen LogP contribution in [0.25, 0.3) is 17.0 Å². The molecule has 3 aromatic rings. The zero-order valence-corrected chi connectivity index (χ0v) is 14.5. The van der Waals surface area contributed by atoms with Gasteiger partial charge < -0.3 is 0 Å². The van der Waals surface area contributed by atoms with Crippen LogP contribution < -0.4 is 0 Å². The lowest BCUT2D eigenvalue weighted by Crippen LogP contribution is -1.97. The first-order valence-corrected chi connectivity index (χ1v) is 7.78.